The molecule has 0 bridgehead atoms. The molecule has 1 atom stereocenters. The van der Waals surface area contributed by atoms with Gasteiger partial charge in [0.05, 0.1) is 18.1 Å². The van der Waals surface area contributed by atoms with Crippen LogP contribution in [0, 0.1) is 0 Å². The number of methoxy groups -OCH3 is 1. The van der Waals surface area contributed by atoms with Crippen molar-refractivity contribution in [2.45, 2.75) is 12.5 Å². The summed E-state index contributed by atoms with van der Waals surface area (Å²) in [5, 5.41) is 15.9. The minimum Gasteiger partial charge on any atom is -0.495 e. The monoisotopic (exact) mass is 239 g/mol. The molecule has 0 aliphatic heterocycles. The lowest BCUT2D eigenvalue weighted by molar-refractivity contribution is 0.174. The van der Waals surface area contributed by atoms with Crippen LogP contribution in [0.25, 0.3) is 0 Å². The van der Waals surface area contributed by atoms with Crippen LogP contribution in [-0.2, 0) is 13.5 Å². The van der Waals surface area contributed by atoms with E-state index in [4.69, 9.17) is 4.74 Å². The molecule has 2 aromatic rings. The van der Waals surface area contributed by atoms with E-state index in [-0.39, 0.29) is 0 Å². The van der Waals surface area contributed by atoms with Gasteiger partial charge < -0.3 is 9.84 Å². The fourth-order valence-corrected chi connectivity index (χ4v) is 2.34. The fourth-order valence-electron chi connectivity index (χ4n) is 1.49. The molecule has 2 aromatic heterocycles. The largest absolute Gasteiger partial charge is 0.495 e. The van der Waals surface area contributed by atoms with Crippen LogP contribution < -0.4 is 4.74 Å². The van der Waals surface area contributed by atoms with Gasteiger partial charge in [0, 0.05) is 13.5 Å². The first-order valence-electron chi connectivity index (χ1n) is 4.84. The van der Waals surface area contributed by atoms with Crippen LogP contribution in [0.15, 0.2) is 17.8 Å². The standard InChI is InChI=1S/C10H13N3O2S/c1-13-9(11-6-12-13)5-7(14)10-8(15-2)3-4-16-10/h3-4,6-7,14H,5H2,1-2H3. The molecule has 0 aliphatic rings. The van der Waals surface area contributed by atoms with E-state index in [1.165, 1.54) is 17.7 Å². The van der Waals surface area contributed by atoms with E-state index in [1.54, 1.807) is 18.8 Å². The smallest absolute Gasteiger partial charge is 0.138 e. The lowest BCUT2D eigenvalue weighted by Gasteiger charge is -2.09. The summed E-state index contributed by atoms with van der Waals surface area (Å²) >= 11 is 1.48. The fraction of sp³-hybridized carbons (Fsp3) is 0.400. The van der Waals surface area contributed by atoms with Gasteiger partial charge in [0.25, 0.3) is 0 Å². The van der Waals surface area contributed by atoms with Crippen LogP contribution in [0.5, 0.6) is 5.75 Å². The second kappa shape index (κ2) is 4.63. The van der Waals surface area contributed by atoms with Gasteiger partial charge in [-0.25, -0.2) is 4.98 Å². The Balaban J connectivity index is 2.14. The van der Waals surface area contributed by atoms with Crippen molar-refractivity contribution in [3.05, 3.63) is 28.5 Å². The van der Waals surface area contributed by atoms with Crippen molar-refractivity contribution in [1.82, 2.24) is 14.8 Å². The zero-order valence-electron chi connectivity index (χ0n) is 9.12. The van der Waals surface area contributed by atoms with Crippen molar-refractivity contribution in [2.24, 2.45) is 7.05 Å². The molecule has 6 heteroatoms. The molecule has 5 nitrogen and oxygen atoms in total. The van der Waals surface area contributed by atoms with Gasteiger partial charge in [0.15, 0.2) is 0 Å². The molecular weight excluding hydrogens is 226 g/mol. The zero-order valence-corrected chi connectivity index (χ0v) is 9.94. The molecule has 2 heterocycles. The van der Waals surface area contributed by atoms with Crippen LogP contribution in [0.3, 0.4) is 0 Å². The molecular formula is C10H13N3O2S. The Labute approximate surface area is 97.3 Å². The third-order valence-electron chi connectivity index (χ3n) is 2.36. The molecule has 16 heavy (non-hydrogen) atoms. The lowest BCUT2D eigenvalue weighted by Crippen LogP contribution is -2.07. The van der Waals surface area contributed by atoms with Gasteiger partial charge in [0.1, 0.15) is 17.9 Å². The maximum absolute atomic E-state index is 10.1. The first-order valence-corrected chi connectivity index (χ1v) is 5.72. The summed E-state index contributed by atoms with van der Waals surface area (Å²) in [6.07, 6.45) is 1.32. The van der Waals surface area contributed by atoms with Gasteiger partial charge in [-0.05, 0) is 11.4 Å². The molecule has 0 aromatic carbocycles. The van der Waals surface area contributed by atoms with Gasteiger partial charge >= 0.3 is 0 Å². The summed E-state index contributed by atoms with van der Waals surface area (Å²) in [6, 6.07) is 1.85. The molecule has 1 N–H and O–H groups in total. The number of hydrogen-bond donors (Lipinski definition) is 1. The van der Waals surface area contributed by atoms with E-state index in [2.05, 4.69) is 10.1 Å². The molecule has 0 saturated heterocycles. The van der Waals surface area contributed by atoms with E-state index in [0.29, 0.717) is 6.42 Å². The molecule has 0 aliphatic carbocycles. The van der Waals surface area contributed by atoms with E-state index < -0.39 is 6.10 Å². The molecule has 1 unspecified atom stereocenters. The van der Waals surface area contributed by atoms with Gasteiger partial charge in [-0.15, -0.1) is 11.3 Å². The highest BCUT2D eigenvalue weighted by Gasteiger charge is 2.17. The molecule has 2 rings (SSSR count). The predicted molar refractivity (Wildman–Crippen MR) is 60.5 cm³/mol. The first-order chi connectivity index (χ1) is 7.72. The maximum Gasteiger partial charge on any atom is 0.138 e. The quantitative estimate of drug-likeness (QED) is 0.869. The molecule has 0 radical (unpaired) electrons. The summed E-state index contributed by atoms with van der Waals surface area (Å²) in [6.45, 7) is 0. The second-order valence-corrected chi connectivity index (χ2v) is 4.32. The topological polar surface area (TPSA) is 60.2 Å². The number of rotatable bonds is 4. The number of aromatic nitrogens is 3. The van der Waals surface area contributed by atoms with E-state index in [0.717, 1.165) is 16.5 Å². The number of hydrogen-bond acceptors (Lipinski definition) is 5. The normalized spacial score (nSPS) is 12.7. The average Bonchev–Trinajstić information content (AvgIpc) is 2.87. The number of aliphatic hydroxyl groups excluding tert-OH is 1. The Hall–Kier alpha value is -1.40. The van der Waals surface area contributed by atoms with Crippen molar-refractivity contribution in [2.75, 3.05) is 7.11 Å². The van der Waals surface area contributed by atoms with Gasteiger partial charge in [-0.1, -0.05) is 0 Å². The SMILES string of the molecule is COc1ccsc1C(O)Cc1ncnn1C. The summed E-state index contributed by atoms with van der Waals surface area (Å²) in [5.41, 5.74) is 0. The van der Waals surface area contributed by atoms with Crippen molar-refractivity contribution in [3.63, 3.8) is 0 Å². The molecule has 86 valence electrons. The van der Waals surface area contributed by atoms with Gasteiger partial charge in [0.2, 0.25) is 0 Å². The number of aryl methyl sites for hydroxylation is 1. The average molecular weight is 239 g/mol. The Bertz CT molecular complexity index is 466. The Morgan fingerprint density at radius 2 is 2.44 bits per heavy atom. The van der Waals surface area contributed by atoms with Crippen LogP contribution in [0.2, 0.25) is 0 Å². The minimum atomic E-state index is -0.599. The van der Waals surface area contributed by atoms with Crippen LogP contribution >= 0.6 is 11.3 Å². The van der Waals surface area contributed by atoms with E-state index in [1.807, 2.05) is 11.4 Å². The zero-order chi connectivity index (χ0) is 11.5. The molecule has 0 saturated carbocycles. The van der Waals surface area contributed by atoms with E-state index in [9.17, 15) is 5.11 Å². The van der Waals surface area contributed by atoms with Gasteiger partial charge in [-0.3, -0.25) is 4.68 Å². The second-order valence-electron chi connectivity index (χ2n) is 3.37. The number of ether oxygens (including phenoxy) is 1. The van der Waals surface area contributed by atoms with Crippen LogP contribution in [0.4, 0.5) is 0 Å². The summed E-state index contributed by atoms with van der Waals surface area (Å²) < 4.78 is 6.82. The Morgan fingerprint density at radius 3 is 3.06 bits per heavy atom. The minimum absolute atomic E-state index is 0.438. The summed E-state index contributed by atoms with van der Waals surface area (Å²) in [4.78, 5) is 4.90. The summed E-state index contributed by atoms with van der Waals surface area (Å²) in [5.74, 6) is 1.47. The number of aliphatic hydroxyl groups is 1. The molecule has 0 amide bonds. The number of thiophene rings is 1. The highest BCUT2D eigenvalue weighted by atomic mass is 32.1. The van der Waals surface area contributed by atoms with Crippen molar-refractivity contribution >= 4 is 11.3 Å². The van der Waals surface area contributed by atoms with Crippen molar-refractivity contribution in [3.8, 4) is 5.75 Å². The lowest BCUT2D eigenvalue weighted by atomic mass is 10.2. The number of nitrogens with zero attached hydrogens (tertiary/aromatic N) is 3. The highest BCUT2D eigenvalue weighted by molar-refractivity contribution is 7.10. The Morgan fingerprint density at radius 1 is 1.62 bits per heavy atom. The van der Waals surface area contributed by atoms with Gasteiger partial charge in [-0.2, -0.15) is 5.10 Å². The predicted octanol–water partition coefficient (Wildman–Crippen LogP) is 1.16. The van der Waals surface area contributed by atoms with Crippen molar-refractivity contribution in [1.29, 1.82) is 0 Å². The Kier molecular flexibility index (Phi) is 3.21. The third-order valence-corrected chi connectivity index (χ3v) is 3.36. The van der Waals surface area contributed by atoms with Crippen molar-refractivity contribution < 1.29 is 9.84 Å². The highest BCUT2D eigenvalue weighted by Crippen LogP contribution is 2.32. The van der Waals surface area contributed by atoms with E-state index >= 15 is 0 Å². The maximum atomic E-state index is 10.1. The third kappa shape index (κ3) is 2.07. The summed E-state index contributed by atoms with van der Waals surface area (Å²) in [7, 11) is 3.40. The van der Waals surface area contributed by atoms with Crippen LogP contribution in [-0.4, -0.2) is 27.0 Å². The molecule has 0 fully saturated rings. The van der Waals surface area contributed by atoms with Crippen LogP contribution in [0.1, 0.15) is 16.8 Å². The first kappa shape index (κ1) is 11.1. The molecule has 0 spiro atoms.